The van der Waals surface area contributed by atoms with Crippen molar-refractivity contribution in [3.8, 4) is 0 Å². The molecule has 18 heavy (non-hydrogen) atoms. The lowest BCUT2D eigenvalue weighted by molar-refractivity contribution is 0.0558. The van der Waals surface area contributed by atoms with Gasteiger partial charge in [0.1, 0.15) is 0 Å². The van der Waals surface area contributed by atoms with Gasteiger partial charge in [-0.05, 0) is 61.9 Å². The van der Waals surface area contributed by atoms with Gasteiger partial charge in [-0.25, -0.2) is 24.9 Å². The van der Waals surface area contributed by atoms with E-state index in [9.17, 15) is 4.79 Å². The standard InChI is InChI=1S/C13H30O3S2/c1-17(2,3)11-7-9-15-13(14)16-10-8-12-18(4,5)6/h7-12H2,1-6H3. The maximum Gasteiger partial charge on any atom is 0.508 e. The summed E-state index contributed by atoms with van der Waals surface area (Å²) in [7, 11) is -0.977. The van der Waals surface area contributed by atoms with Gasteiger partial charge >= 0.3 is 6.16 Å². The van der Waals surface area contributed by atoms with Crippen LogP contribution in [-0.2, 0) is 9.47 Å². The van der Waals surface area contributed by atoms with E-state index in [2.05, 4.69) is 37.5 Å². The molecule has 0 fully saturated rings. The van der Waals surface area contributed by atoms with Crippen molar-refractivity contribution in [3.05, 3.63) is 0 Å². The van der Waals surface area contributed by atoms with Crippen molar-refractivity contribution >= 4 is 26.2 Å². The second-order valence-corrected chi connectivity index (χ2v) is 15.4. The summed E-state index contributed by atoms with van der Waals surface area (Å²) in [6.07, 6.45) is 14.9. The second-order valence-electron chi connectivity index (χ2n) is 6.24. The number of hydrogen-bond donors (Lipinski definition) is 0. The number of carbonyl (C=O) groups is 1. The Morgan fingerprint density at radius 1 is 0.778 bits per heavy atom. The molecule has 0 bridgehead atoms. The molecular weight excluding hydrogens is 268 g/mol. The van der Waals surface area contributed by atoms with Crippen molar-refractivity contribution in [1.82, 2.24) is 0 Å². The third kappa shape index (κ3) is 14.0. The molecule has 0 rings (SSSR count). The summed E-state index contributed by atoms with van der Waals surface area (Å²) in [6, 6.07) is 0. The summed E-state index contributed by atoms with van der Waals surface area (Å²) >= 11 is 0. The van der Waals surface area contributed by atoms with E-state index in [0.717, 1.165) is 24.3 Å². The zero-order valence-corrected chi connectivity index (χ0v) is 14.4. The molecule has 0 N–H and O–H groups in total. The number of carbonyl (C=O) groups excluding carboxylic acids is 1. The van der Waals surface area contributed by atoms with E-state index in [-0.39, 0.29) is 0 Å². The SMILES string of the molecule is CS(C)(C)CCCOC(=O)OCCCS(C)(C)C. The third-order valence-electron chi connectivity index (χ3n) is 2.24. The van der Waals surface area contributed by atoms with Gasteiger partial charge in [0, 0.05) is 0 Å². The van der Waals surface area contributed by atoms with Crippen LogP contribution in [-0.4, -0.2) is 68.4 Å². The first kappa shape index (κ1) is 18.0. The Hall–Kier alpha value is -0.0300. The Morgan fingerprint density at radius 3 is 1.39 bits per heavy atom. The summed E-state index contributed by atoms with van der Waals surface area (Å²) in [5, 5.41) is 0. The third-order valence-corrected chi connectivity index (χ3v) is 5.27. The van der Waals surface area contributed by atoms with Crippen molar-refractivity contribution in [3.63, 3.8) is 0 Å². The highest BCUT2D eigenvalue weighted by Crippen LogP contribution is 2.35. The molecule has 5 heteroatoms. The van der Waals surface area contributed by atoms with Gasteiger partial charge < -0.3 is 9.47 Å². The zero-order chi connectivity index (χ0) is 14.2. The van der Waals surface area contributed by atoms with Crippen molar-refractivity contribution in [1.29, 1.82) is 0 Å². The van der Waals surface area contributed by atoms with Crippen LogP contribution < -0.4 is 0 Å². The second kappa shape index (κ2) is 8.20. The van der Waals surface area contributed by atoms with Gasteiger partial charge in [0.2, 0.25) is 0 Å². The Labute approximate surface area is 116 Å². The van der Waals surface area contributed by atoms with Gasteiger partial charge in [-0.2, -0.15) is 0 Å². The van der Waals surface area contributed by atoms with Crippen LogP contribution in [0.3, 0.4) is 0 Å². The summed E-state index contributed by atoms with van der Waals surface area (Å²) in [5.41, 5.74) is 0. The Morgan fingerprint density at radius 2 is 1.11 bits per heavy atom. The maximum absolute atomic E-state index is 11.3. The highest BCUT2D eigenvalue weighted by atomic mass is 32.3. The minimum Gasteiger partial charge on any atom is -0.434 e. The van der Waals surface area contributed by atoms with Gasteiger partial charge in [0.25, 0.3) is 0 Å². The molecule has 0 aromatic rings. The minimum atomic E-state index is -0.511. The number of hydrogen-bond acceptors (Lipinski definition) is 3. The largest absolute Gasteiger partial charge is 0.508 e. The lowest BCUT2D eigenvalue weighted by Crippen LogP contribution is -2.12. The Kier molecular flexibility index (Phi) is 8.19. The van der Waals surface area contributed by atoms with Crippen LogP contribution >= 0.6 is 20.1 Å². The van der Waals surface area contributed by atoms with E-state index in [0.29, 0.717) is 13.2 Å². The molecular formula is C13H30O3S2. The Bertz CT molecular complexity index is 218. The molecule has 0 aliphatic carbocycles. The lowest BCUT2D eigenvalue weighted by Gasteiger charge is -2.25. The molecule has 0 aromatic heterocycles. The average molecular weight is 299 g/mol. The minimum absolute atomic E-state index is 0.480. The number of rotatable bonds is 8. The molecule has 0 aliphatic heterocycles. The fourth-order valence-corrected chi connectivity index (χ4v) is 3.30. The summed E-state index contributed by atoms with van der Waals surface area (Å²) in [4.78, 5) is 11.3. The van der Waals surface area contributed by atoms with Crippen LogP contribution in [0.25, 0.3) is 0 Å². The van der Waals surface area contributed by atoms with Crippen LogP contribution in [0.5, 0.6) is 0 Å². The molecule has 0 aromatic carbocycles. The quantitative estimate of drug-likeness (QED) is 0.509. The van der Waals surface area contributed by atoms with Crippen molar-refractivity contribution < 1.29 is 14.3 Å². The molecule has 3 nitrogen and oxygen atoms in total. The monoisotopic (exact) mass is 298 g/mol. The summed E-state index contributed by atoms with van der Waals surface area (Å²) < 4.78 is 10.1. The zero-order valence-electron chi connectivity index (χ0n) is 12.8. The van der Waals surface area contributed by atoms with E-state index in [1.54, 1.807) is 0 Å². The fraction of sp³-hybridized carbons (Fsp3) is 0.923. The van der Waals surface area contributed by atoms with Crippen molar-refractivity contribution in [2.24, 2.45) is 0 Å². The molecule has 0 amide bonds. The topological polar surface area (TPSA) is 35.5 Å². The van der Waals surface area contributed by atoms with Gasteiger partial charge in [0.15, 0.2) is 0 Å². The van der Waals surface area contributed by atoms with Crippen LogP contribution in [0.15, 0.2) is 0 Å². The maximum atomic E-state index is 11.3. The van der Waals surface area contributed by atoms with Crippen LogP contribution in [0.2, 0.25) is 0 Å². The molecule has 112 valence electrons. The summed E-state index contributed by atoms with van der Waals surface area (Å²) in [6.45, 7) is 0.960. The molecule has 0 unspecified atom stereocenters. The predicted molar refractivity (Wildman–Crippen MR) is 87.0 cm³/mol. The van der Waals surface area contributed by atoms with Gasteiger partial charge in [-0.1, -0.05) is 0 Å². The van der Waals surface area contributed by atoms with E-state index in [4.69, 9.17) is 9.47 Å². The molecule has 0 saturated carbocycles. The van der Waals surface area contributed by atoms with Gasteiger partial charge in [-0.3, -0.25) is 0 Å². The first-order chi connectivity index (χ1) is 8.10. The van der Waals surface area contributed by atoms with Crippen LogP contribution in [0.4, 0.5) is 4.79 Å². The highest BCUT2D eigenvalue weighted by molar-refractivity contribution is 8.32. The van der Waals surface area contributed by atoms with Crippen molar-refractivity contribution in [2.75, 3.05) is 62.3 Å². The van der Waals surface area contributed by atoms with E-state index in [1.165, 1.54) is 0 Å². The molecule has 0 heterocycles. The molecule has 0 radical (unpaired) electrons. The van der Waals surface area contributed by atoms with E-state index < -0.39 is 26.2 Å². The lowest BCUT2D eigenvalue weighted by atomic mass is 10.5. The summed E-state index contributed by atoms with van der Waals surface area (Å²) in [5.74, 6) is 2.27. The van der Waals surface area contributed by atoms with Crippen LogP contribution in [0.1, 0.15) is 12.8 Å². The average Bonchev–Trinajstić information content (AvgIpc) is 2.17. The van der Waals surface area contributed by atoms with Crippen LogP contribution in [0, 0.1) is 0 Å². The van der Waals surface area contributed by atoms with E-state index in [1.807, 2.05) is 0 Å². The fourth-order valence-electron chi connectivity index (χ4n) is 1.34. The first-order valence-corrected chi connectivity index (χ1v) is 12.3. The Balaban J connectivity index is 3.44. The predicted octanol–water partition coefficient (Wildman–Crippen LogP) is 3.31. The molecule has 0 saturated heterocycles. The van der Waals surface area contributed by atoms with Crippen molar-refractivity contribution in [2.45, 2.75) is 12.8 Å². The highest BCUT2D eigenvalue weighted by Gasteiger charge is 2.08. The first-order valence-electron chi connectivity index (χ1n) is 6.22. The van der Waals surface area contributed by atoms with Gasteiger partial charge in [-0.15, -0.1) is 0 Å². The normalized spacial score (nSPS) is 14.1. The van der Waals surface area contributed by atoms with E-state index >= 15 is 0 Å². The molecule has 0 atom stereocenters. The molecule has 0 spiro atoms. The smallest absolute Gasteiger partial charge is 0.434 e. The number of ether oxygens (including phenoxy) is 2. The van der Waals surface area contributed by atoms with Gasteiger partial charge in [0.05, 0.1) is 13.2 Å². The molecule has 0 aliphatic rings.